The van der Waals surface area contributed by atoms with Crippen LogP contribution in [0.4, 0.5) is 11.4 Å². The molecular formula is C25H35N3O2. The highest BCUT2D eigenvalue weighted by atomic mass is 16.2. The summed E-state index contributed by atoms with van der Waals surface area (Å²) in [4.78, 5) is 29.3. The Morgan fingerprint density at radius 3 is 2.30 bits per heavy atom. The molecule has 5 heteroatoms. The Balaban J connectivity index is 2.46. The molecule has 162 valence electrons. The zero-order valence-corrected chi connectivity index (χ0v) is 19.3. The highest BCUT2D eigenvalue weighted by molar-refractivity contribution is 5.95. The quantitative estimate of drug-likeness (QED) is 0.660. The third-order valence-electron chi connectivity index (χ3n) is 5.49. The third kappa shape index (κ3) is 5.85. The molecule has 0 fully saturated rings. The number of rotatable bonds is 8. The van der Waals surface area contributed by atoms with Gasteiger partial charge in [0.2, 0.25) is 5.91 Å². The van der Waals surface area contributed by atoms with Crippen LogP contribution in [0.1, 0.15) is 55.6 Å². The molecule has 2 aromatic rings. The van der Waals surface area contributed by atoms with Gasteiger partial charge in [0, 0.05) is 50.0 Å². The van der Waals surface area contributed by atoms with E-state index in [9.17, 15) is 9.59 Å². The van der Waals surface area contributed by atoms with Gasteiger partial charge in [-0.25, -0.2) is 0 Å². The van der Waals surface area contributed by atoms with Crippen molar-refractivity contribution in [1.82, 2.24) is 4.90 Å². The SMILES string of the molecule is CCC(=O)Nc1ccc(N(C)C)c(CN(C(=O)c2cccc(C)c2)[C@H](C)C(C)C)c1. The molecule has 0 aliphatic carbocycles. The summed E-state index contributed by atoms with van der Waals surface area (Å²) in [6.07, 6.45) is 0.424. The Hall–Kier alpha value is -2.82. The van der Waals surface area contributed by atoms with Crippen molar-refractivity contribution in [2.45, 2.75) is 53.6 Å². The Bertz CT molecular complexity index is 890. The van der Waals surface area contributed by atoms with Gasteiger partial charge in [0.15, 0.2) is 0 Å². The second kappa shape index (κ2) is 10.3. The van der Waals surface area contributed by atoms with Crippen molar-refractivity contribution >= 4 is 23.2 Å². The van der Waals surface area contributed by atoms with Crippen LogP contribution < -0.4 is 10.2 Å². The normalized spacial score (nSPS) is 11.9. The van der Waals surface area contributed by atoms with E-state index in [2.05, 4.69) is 26.1 Å². The molecule has 0 radical (unpaired) electrons. The molecule has 2 aromatic carbocycles. The molecule has 0 unspecified atom stereocenters. The van der Waals surface area contributed by atoms with Crippen LogP contribution >= 0.6 is 0 Å². The minimum absolute atomic E-state index is 0.0209. The highest BCUT2D eigenvalue weighted by Crippen LogP contribution is 2.27. The van der Waals surface area contributed by atoms with Gasteiger partial charge >= 0.3 is 0 Å². The first-order chi connectivity index (χ1) is 14.1. The van der Waals surface area contributed by atoms with Crippen molar-refractivity contribution < 1.29 is 9.59 Å². The molecule has 0 aliphatic rings. The van der Waals surface area contributed by atoms with Crippen LogP contribution in [0.3, 0.4) is 0 Å². The first-order valence-corrected chi connectivity index (χ1v) is 10.6. The molecule has 0 saturated carbocycles. The minimum atomic E-state index is -0.0261. The predicted molar refractivity (Wildman–Crippen MR) is 125 cm³/mol. The lowest BCUT2D eigenvalue weighted by Crippen LogP contribution is -2.41. The van der Waals surface area contributed by atoms with Gasteiger partial charge in [-0.1, -0.05) is 38.5 Å². The van der Waals surface area contributed by atoms with Crippen molar-refractivity contribution in [1.29, 1.82) is 0 Å². The first-order valence-electron chi connectivity index (χ1n) is 10.6. The molecule has 0 heterocycles. The minimum Gasteiger partial charge on any atom is -0.377 e. The number of carbonyl (C=O) groups excluding carboxylic acids is 2. The largest absolute Gasteiger partial charge is 0.377 e. The van der Waals surface area contributed by atoms with Crippen LogP contribution in [-0.2, 0) is 11.3 Å². The van der Waals surface area contributed by atoms with E-state index in [4.69, 9.17) is 0 Å². The lowest BCUT2D eigenvalue weighted by molar-refractivity contribution is -0.115. The predicted octanol–water partition coefficient (Wildman–Crippen LogP) is 5.10. The number of nitrogens with one attached hydrogen (secondary N) is 1. The summed E-state index contributed by atoms with van der Waals surface area (Å²) in [5.74, 6) is 0.305. The van der Waals surface area contributed by atoms with E-state index in [0.29, 0.717) is 24.4 Å². The van der Waals surface area contributed by atoms with E-state index >= 15 is 0 Å². The smallest absolute Gasteiger partial charge is 0.254 e. The van der Waals surface area contributed by atoms with Crippen LogP contribution in [0.2, 0.25) is 0 Å². The van der Waals surface area contributed by atoms with Gasteiger partial charge in [-0.3, -0.25) is 9.59 Å². The Morgan fingerprint density at radius 1 is 1.03 bits per heavy atom. The summed E-state index contributed by atoms with van der Waals surface area (Å²) < 4.78 is 0. The summed E-state index contributed by atoms with van der Waals surface area (Å²) in [6.45, 7) is 10.7. The lowest BCUT2D eigenvalue weighted by atomic mass is 10.0. The van der Waals surface area contributed by atoms with Crippen molar-refractivity contribution in [3.8, 4) is 0 Å². The summed E-state index contributed by atoms with van der Waals surface area (Å²) in [5, 5.41) is 2.93. The third-order valence-corrected chi connectivity index (χ3v) is 5.49. The van der Waals surface area contributed by atoms with E-state index < -0.39 is 0 Å². The fraction of sp³-hybridized carbons (Fsp3) is 0.440. The molecule has 2 rings (SSSR count). The van der Waals surface area contributed by atoms with Crippen molar-refractivity contribution in [3.63, 3.8) is 0 Å². The maximum atomic E-state index is 13.5. The van der Waals surface area contributed by atoms with Gasteiger partial charge in [0.1, 0.15) is 0 Å². The zero-order chi connectivity index (χ0) is 22.4. The van der Waals surface area contributed by atoms with Gasteiger partial charge in [-0.15, -0.1) is 0 Å². The number of nitrogens with zero attached hydrogens (tertiary/aromatic N) is 2. The number of benzene rings is 2. The van der Waals surface area contributed by atoms with Gasteiger partial charge in [0.05, 0.1) is 0 Å². The average molecular weight is 410 g/mol. The number of carbonyl (C=O) groups is 2. The molecule has 0 bridgehead atoms. The Labute approximate surface area is 181 Å². The highest BCUT2D eigenvalue weighted by Gasteiger charge is 2.25. The van der Waals surface area contributed by atoms with E-state index in [1.807, 2.05) is 80.2 Å². The second-order valence-electron chi connectivity index (χ2n) is 8.43. The fourth-order valence-corrected chi connectivity index (χ4v) is 3.36. The molecule has 0 aliphatic heterocycles. The van der Waals surface area contributed by atoms with Gasteiger partial charge in [0.25, 0.3) is 5.91 Å². The van der Waals surface area contributed by atoms with Gasteiger partial charge in [-0.05, 0) is 55.7 Å². The van der Waals surface area contributed by atoms with Crippen LogP contribution in [0.5, 0.6) is 0 Å². The van der Waals surface area contributed by atoms with E-state index in [1.165, 1.54) is 0 Å². The Morgan fingerprint density at radius 2 is 1.73 bits per heavy atom. The number of hydrogen-bond acceptors (Lipinski definition) is 3. The fourth-order valence-electron chi connectivity index (χ4n) is 3.36. The van der Waals surface area contributed by atoms with E-state index in [0.717, 1.165) is 22.5 Å². The summed E-state index contributed by atoms with van der Waals surface area (Å²) >= 11 is 0. The number of amides is 2. The maximum absolute atomic E-state index is 13.5. The molecule has 0 aromatic heterocycles. The van der Waals surface area contributed by atoms with Crippen LogP contribution in [0, 0.1) is 12.8 Å². The first kappa shape index (κ1) is 23.5. The molecular weight excluding hydrogens is 374 g/mol. The molecule has 1 atom stereocenters. The second-order valence-corrected chi connectivity index (χ2v) is 8.43. The van der Waals surface area contributed by atoms with Gasteiger partial charge in [-0.2, -0.15) is 0 Å². The average Bonchev–Trinajstić information content (AvgIpc) is 2.70. The van der Waals surface area contributed by atoms with E-state index in [-0.39, 0.29) is 17.9 Å². The Kier molecular flexibility index (Phi) is 8.04. The molecule has 1 N–H and O–H groups in total. The van der Waals surface area contributed by atoms with Crippen LogP contribution in [0.25, 0.3) is 0 Å². The van der Waals surface area contributed by atoms with Gasteiger partial charge < -0.3 is 15.1 Å². The van der Waals surface area contributed by atoms with Crippen LogP contribution in [0.15, 0.2) is 42.5 Å². The molecule has 2 amide bonds. The monoisotopic (exact) mass is 409 g/mol. The number of anilines is 2. The van der Waals surface area contributed by atoms with Crippen LogP contribution in [-0.4, -0.2) is 36.9 Å². The van der Waals surface area contributed by atoms with Crippen molar-refractivity contribution in [2.24, 2.45) is 5.92 Å². The number of aryl methyl sites for hydroxylation is 1. The summed E-state index contributed by atoms with van der Waals surface area (Å²) in [7, 11) is 3.98. The summed E-state index contributed by atoms with van der Waals surface area (Å²) in [5.41, 5.74) is 4.55. The lowest BCUT2D eigenvalue weighted by Gasteiger charge is -2.33. The topological polar surface area (TPSA) is 52.7 Å². The van der Waals surface area contributed by atoms with Crippen molar-refractivity contribution in [2.75, 3.05) is 24.3 Å². The zero-order valence-electron chi connectivity index (χ0n) is 19.3. The summed E-state index contributed by atoms with van der Waals surface area (Å²) in [6, 6.07) is 13.7. The maximum Gasteiger partial charge on any atom is 0.254 e. The standard InChI is InChI=1S/C25H35N3O2/c1-8-24(29)26-22-12-13-23(27(6)7)21(15-22)16-28(19(5)17(2)3)25(30)20-11-9-10-18(4)14-20/h9-15,17,19H,8,16H2,1-7H3,(H,26,29)/t19-/m1/s1. The van der Waals surface area contributed by atoms with E-state index in [1.54, 1.807) is 0 Å². The number of hydrogen-bond donors (Lipinski definition) is 1. The molecule has 5 nitrogen and oxygen atoms in total. The molecule has 0 spiro atoms. The molecule has 30 heavy (non-hydrogen) atoms. The molecule has 0 saturated heterocycles. The van der Waals surface area contributed by atoms with Crippen molar-refractivity contribution in [3.05, 3.63) is 59.2 Å².